The van der Waals surface area contributed by atoms with Gasteiger partial charge in [-0.3, -0.25) is 4.79 Å². The van der Waals surface area contributed by atoms with Crippen molar-refractivity contribution >= 4 is 11.6 Å². The highest BCUT2D eigenvalue weighted by Gasteiger charge is 2.26. The van der Waals surface area contributed by atoms with Gasteiger partial charge in [-0.2, -0.15) is 0 Å². The Hall–Kier alpha value is -2.29. The van der Waals surface area contributed by atoms with Gasteiger partial charge in [0.1, 0.15) is 11.9 Å². The second kappa shape index (κ2) is 6.22. The molecule has 1 atom stereocenters. The van der Waals surface area contributed by atoms with Gasteiger partial charge in [-0.1, -0.05) is 42.0 Å². The van der Waals surface area contributed by atoms with Gasteiger partial charge in [0.25, 0.3) is 0 Å². The molecule has 3 heteroatoms. The summed E-state index contributed by atoms with van der Waals surface area (Å²) in [6, 6.07) is 16.1. The predicted molar refractivity (Wildman–Crippen MR) is 88.4 cm³/mol. The fourth-order valence-electron chi connectivity index (χ4n) is 2.77. The lowest BCUT2D eigenvalue weighted by molar-refractivity contribution is -0.119. The minimum Gasteiger partial charge on any atom is -0.487 e. The average Bonchev–Trinajstić information content (AvgIpc) is 2.53. The highest BCUT2D eigenvalue weighted by Crippen LogP contribution is 2.33. The SMILES string of the molecule is Cc1ccc(CCC(=O)N2CC(C)Oc3ccccc32)cc1. The number of benzene rings is 2. The first-order chi connectivity index (χ1) is 10.6. The number of carbonyl (C=O) groups is 1. The van der Waals surface area contributed by atoms with Crippen LogP contribution < -0.4 is 9.64 Å². The Morgan fingerprint density at radius 2 is 1.91 bits per heavy atom. The molecule has 1 aliphatic heterocycles. The number of hydrogen-bond donors (Lipinski definition) is 0. The summed E-state index contributed by atoms with van der Waals surface area (Å²) in [6.45, 7) is 4.68. The highest BCUT2D eigenvalue weighted by atomic mass is 16.5. The molecule has 0 aliphatic carbocycles. The van der Waals surface area contributed by atoms with E-state index < -0.39 is 0 Å². The van der Waals surface area contributed by atoms with Crippen molar-refractivity contribution in [1.29, 1.82) is 0 Å². The summed E-state index contributed by atoms with van der Waals surface area (Å²) in [6.07, 6.45) is 1.31. The molecule has 0 saturated carbocycles. The van der Waals surface area contributed by atoms with E-state index in [0.29, 0.717) is 13.0 Å². The summed E-state index contributed by atoms with van der Waals surface area (Å²) >= 11 is 0. The molecule has 0 saturated heterocycles. The van der Waals surface area contributed by atoms with Crippen LogP contribution in [0.5, 0.6) is 5.75 Å². The number of hydrogen-bond acceptors (Lipinski definition) is 2. The third-order valence-electron chi connectivity index (χ3n) is 3.97. The molecule has 2 aromatic rings. The van der Waals surface area contributed by atoms with E-state index in [1.165, 1.54) is 11.1 Å². The third-order valence-corrected chi connectivity index (χ3v) is 3.97. The van der Waals surface area contributed by atoms with Crippen LogP contribution >= 0.6 is 0 Å². The van der Waals surface area contributed by atoms with Gasteiger partial charge in [0.15, 0.2) is 0 Å². The first-order valence-electron chi connectivity index (χ1n) is 7.75. The van der Waals surface area contributed by atoms with Crippen LogP contribution in [0.1, 0.15) is 24.5 Å². The molecule has 0 spiro atoms. The molecule has 1 aliphatic rings. The van der Waals surface area contributed by atoms with Gasteiger partial charge in [0, 0.05) is 6.42 Å². The Bertz CT molecular complexity index is 663. The second-order valence-electron chi connectivity index (χ2n) is 5.89. The maximum Gasteiger partial charge on any atom is 0.227 e. The quantitative estimate of drug-likeness (QED) is 0.863. The van der Waals surface area contributed by atoms with Crippen molar-refractivity contribution < 1.29 is 9.53 Å². The number of para-hydroxylation sites is 2. The number of rotatable bonds is 3. The van der Waals surface area contributed by atoms with Crippen LogP contribution in [0.15, 0.2) is 48.5 Å². The molecule has 1 heterocycles. The van der Waals surface area contributed by atoms with Crippen molar-refractivity contribution in [3.63, 3.8) is 0 Å². The lowest BCUT2D eigenvalue weighted by Crippen LogP contribution is -2.42. The lowest BCUT2D eigenvalue weighted by Gasteiger charge is -2.33. The van der Waals surface area contributed by atoms with Crippen molar-refractivity contribution in [2.75, 3.05) is 11.4 Å². The van der Waals surface area contributed by atoms with Crippen LogP contribution in [0.2, 0.25) is 0 Å². The predicted octanol–water partition coefficient (Wildman–Crippen LogP) is 3.74. The summed E-state index contributed by atoms with van der Waals surface area (Å²) in [4.78, 5) is 14.5. The maximum atomic E-state index is 12.6. The van der Waals surface area contributed by atoms with Crippen molar-refractivity contribution in [3.8, 4) is 5.75 Å². The molecule has 0 radical (unpaired) electrons. The van der Waals surface area contributed by atoms with Crippen LogP contribution in [0.4, 0.5) is 5.69 Å². The summed E-state index contributed by atoms with van der Waals surface area (Å²) in [5, 5.41) is 0. The standard InChI is InChI=1S/C19H21NO2/c1-14-7-9-16(10-8-14)11-12-19(21)20-13-15(2)22-18-6-4-3-5-17(18)20/h3-10,15H,11-13H2,1-2H3. The molecule has 114 valence electrons. The van der Waals surface area contributed by atoms with E-state index in [9.17, 15) is 4.79 Å². The van der Waals surface area contributed by atoms with Gasteiger partial charge in [0.2, 0.25) is 5.91 Å². The molecule has 22 heavy (non-hydrogen) atoms. The number of fused-ring (bicyclic) bond motifs is 1. The number of ether oxygens (including phenoxy) is 1. The van der Waals surface area contributed by atoms with Crippen molar-refractivity contribution in [1.82, 2.24) is 0 Å². The fourth-order valence-corrected chi connectivity index (χ4v) is 2.77. The molecule has 0 aromatic heterocycles. The lowest BCUT2D eigenvalue weighted by atomic mass is 10.1. The Balaban J connectivity index is 1.71. The molecule has 1 amide bonds. The molecular formula is C19H21NO2. The van der Waals surface area contributed by atoms with Gasteiger partial charge in [0.05, 0.1) is 12.2 Å². The Morgan fingerprint density at radius 3 is 2.68 bits per heavy atom. The van der Waals surface area contributed by atoms with E-state index in [-0.39, 0.29) is 12.0 Å². The zero-order chi connectivity index (χ0) is 15.5. The Labute approximate surface area is 131 Å². The number of anilines is 1. The van der Waals surface area contributed by atoms with Crippen molar-refractivity contribution in [2.45, 2.75) is 32.8 Å². The number of aryl methyl sites for hydroxylation is 2. The zero-order valence-corrected chi connectivity index (χ0v) is 13.1. The van der Waals surface area contributed by atoms with E-state index in [1.807, 2.05) is 36.1 Å². The Kier molecular flexibility index (Phi) is 4.14. The van der Waals surface area contributed by atoms with Crippen LogP contribution in [0, 0.1) is 6.92 Å². The van der Waals surface area contributed by atoms with E-state index in [4.69, 9.17) is 4.74 Å². The van der Waals surface area contributed by atoms with E-state index in [1.54, 1.807) is 0 Å². The molecule has 0 N–H and O–H groups in total. The van der Waals surface area contributed by atoms with E-state index in [2.05, 4.69) is 31.2 Å². The van der Waals surface area contributed by atoms with Gasteiger partial charge < -0.3 is 9.64 Å². The average molecular weight is 295 g/mol. The molecule has 3 nitrogen and oxygen atoms in total. The molecule has 2 aromatic carbocycles. The van der Waals surface area contributed by atoms with Crippen LogP contribution in [-0.4, -0.2) is 18.6 Å². The van der Waals surface area contributed by atoms with Crippen LogP contribution in [0.3, 0.4) is 0 Å². The largest absolute Gasteiger partial charge is 0.487 e. The molecule has 1 unspecified atom stereocenters. The minimum atomic E-state index is 0.0261. The molecule has 3 rings (SSSR count). The zero-order valence-electron chi connectivity index (χ0n) is 13.1. The van der Waals surface area contributed by atoms with Gasteiger partial charge in [-0.05, 0) is 38.0 Å². The third kappa shape index (κ3) is 3.14. The minimum absolute atomic E-state index is 0.0261. The maximum absolute atomic E-state index is 12.6. The topological polar surface area (TPSA) is 29.5 Å². The van der Waals surface area contributed by atoms with Crippen LogP contribution in [-0.2, 0) is 11.2 Å². The molecular weight excluding hydrogens is 274 g/mol. The summed E-state index contributed by atoms with van der Waals surface area (Å²) in [7, 11) is 0. The van der Waals surface area contributed by atoms with Gasteiger partial charge in [-0.25, -0.2) is 0 Å². The smallest absolute Gasteiger partial charge is 0.227 e. The first-order valence-corrected chi connectivity index (χ1v) is 7.75. The molecule has 0 bridgehead atoms. The van der Waals surface area contributed by atoms with E-state index >= 15 is 0 Å². The number of amides is 1. The Morgan fingerprint density at radius 1 is 1.18 bits per heavy atom. The molecule has 0 fully saturated rings. The normalized spacial score (nSPS) is 16.8. The number of nitrogens with zero attached hydrogens (tertiary/aromatic N) is 1. The van der Waals surface area contributed by atoms with Crippen molar-refractivity contribution in [2.24, 2.45) is 0 Å². The second-order valence-corrected chi connectivity index (χ2v) is 5.89. The van der Waals surface area contributed by atoms with Crippen molar-refractivity contribution in [3.05, 3.63) is 59.7 Å². The summed E-state index contributed by atoms with van der Waals surface area (Å²) in [5.41, 5.74) is 3.33. The van der Waals surface area contributed by atoms with Crippen LogP contribution in [0.25, 0.3) is 0 Å². The fraction of sp³-hybridized carbons (Fsp3) is 0.316. The summed E-state index contributed by atoms with van der Waals surface area (Å²) in [5.74, 6) is 0.952. The monoisotopic (exact) mass is 295 g/mol. The van der Waals surface area contributed by atoms with Gasteiger partial charge >= 0.3 is 0 Å². The summed E-state index contributed by atoms with van der Waals surface area (Å²) < 4.78 is 5.79. The number of carbonyl (C=O) groups excluding carboxylic acids is 1. The van der Waals surface area contributed by atoms with E-state index in [0.717, 1.165) is 17.9 Å². The van der Waals surface area contributed by atoms with Gasteiger partial charge in [-0.15, -0.1) is 0 Å². The highest BCUT2D eigenvalue weighted by molar-refractivity contribution is 5.95. The first kappa shape index (κ1) is 14.6.